The third-order valence-corrected chi connectivity index (χ3v) is 2.98. The molecular formula is C13H24N2O. The molecule has 1 heterocycles. The standard InChI is InChI=1S/C13H24N2O/c1-6-10-8-11(15(7-2)14-10)9-12(16)13(3,4)5/h8,12,16H,6-7,9H2,1-5H3. The smallest absolute Gasteiger partial charge is 0.0643 e. The fourth-order valence-electron chi connectivity index (χ4n) is 1.63. The monoisotopic (exact) mass is 224 g/mol. The Balaban J connectivity index is 2.83. The zero-order valence-electron chi connectivity index (χ0n) is 11.1. The molecule has 1 aromatic rings. The zero-order valence-corrected chi connectivity index (χ0v) is 11.1. The third-order valence-electron chi connectivity index (χ3n) is 2.98. The van der Waals surface area contributed by atoms with Gasteiger partial charge in [0.2, 0.25) is 0 Å². The van der Waals surface area contributed by atoms with E-state index in [2.05, 4.69) is 45.8 Å². The van der Waals surface area contributed by atoms with Crippen LogP contribution in [0.3, 0.4) is 0 Å². The second-order valence-electron chi connectivity index (χ2n) is 5.38. The van der Waals surface area contributed by atoms with E-state index < -0.39 is 0 Å². The summed E-state index contributed by atoms with van der Waals surface area (Å²) in [4.78, 5) is 0. The van der Waals surface area contributed by atoms with Crippen molar-refractivity contribution in [3.63, 3.8) is 0 Å². The van der Waals surface area contributed by atoms with Gasteiger partial charge in [0.05, 0.1) is 11.8 Å². The van der Waals surface area contributed by atoms with Crippen LogP contribution in [0, 0.1) is 5.41 Å². The highest BCUT2D eigenvalue weighted by atomic mass is 16.3. The maximum Gasteiger partial charge on any atom is 0.0643 e. The first-order chi connectivity index (χ1) is 7.38. The predicted octanol–water partition coefficient (Wildman–Crippen LogP) is 2.41. The van der Waals surface area contributed by atoms with Crippen LogP contribution in [-0.4, -0.2) is 21.0 Å². The van der Waals surface area contributed by atoms with Crippen LogP contribution >= 0.6 is 0 Å². The highest BCUT2D eigenvalue weighted by Crippen LogP contribution is 2.22. The molecule has 0 fully saturated rings. The van der Waals surface area contributed by atoms with Gasteiger partial charge >= 0.3 is 0 Å². The van der Waals surface area contributed by atoms with Crippen molar-refractivity contribution in [3.05, 3.63) is 17.5 Å². The Labute approximate surface area is 98.5 Å². The van der Waals surface area contributed by atoms with Gasteiger partial charge < -0.3 is 5.11 Å². The first kappa shape index (κ1) is 13.2. The van der Waals surface area contributed by atoms with Gasteiger partial charge in [0.25, 0.3) is 0 Å². The van der Waals surface area contributed by atoms with Gasteiger partial charge in [0.15, 0.2) is 0 Å². The molecule has 3 heteroatoms. The van der Waals surface area contributed by atoms with Gasteiger partial charge in [-0.2, -0.15) is 5.10 Å². The van der Waals surface area contributed by atoms with Crippen LogP contribution in [0.25, 0.3) is 0 Å². The summed E-state index contributed by atoms with van der Waals surface area (Å²) < 4.78 is 1.99. The molecule has 0 aliphatic heterocycles. The van der Waals surface area contributed by atoms with Crippen LogP contribution in [0.1, 0.15) is 46.0 Å². The van der Waals surface area contributed by atoms with Crippen LogP contribution in [0.15, 0.2) is 6.07 Å². The SMILES string of the molecule is CCc1cc(CC(O)C(C)(C)C)n(CC)n1. The van der Waals surface area contributed by atoms with Crippen molar-refractivity contribution in [1.29, 1.82) is 0 Å². The minimum atomic E-state index is -0.320. The molecule has 1 aromatic heterocycles. The highest BCUT2D eigenvalue weighted by Gasteiger charge is 2.23. The summed E-state index contributed by atoms with van der Waals surface area (Å²) in [6, 6.07) is 2.11. The van der Waals surface area contributed by atoms with Crippen molar-refractivity contribution in [2.24, 2.45) is 5.41 Å². The lowest BCUT2D eigenvalue weighted by Gasteiger charge is -2.25. The number of aliphatic hydroxyl groups excluding tert-OH is 1. The average Bonchev–Trinajstić information content (AvgIpc) is 2.59. The second kappa shape index (κ2) is 5.00. The van der Waals surface area contributed by atoms with Crippen LogP contribution in [0.5, 0.6) is 0 Å². The summed E-state index contributed by atoms with van der Waals surface area (Å²) in [5, 5.41) is 14.6. The van der Waals surface area contributed by atoms with Crippen molar-refractivity contribution in [2.45, 2.75) is 60.1 Å². The second-order valence-corrected chi connectivity index (χ2v) is 5.38. The van der Waals surface area contributed by atoms with Crippen molar-refractivity contribution < 1.29 is 5.11 Å². The number of aromatic nitrogens is 2. The molecule has 0 amide bonds. The number of nitrogens with zero attached hydrogens (tertiary/aromatic N) is 2. The van der Waals surface area contributed by atoms with Crippen molar-refractivity contribution in [1.82, 2.24) is 9.78 Å². The molecular weight excluding hydrogens is 200 g/mol. The lowest BCUT2D eigenvalue weighted by atomic mass is 9.86. The quantitative estimate of drug-likeness (QED) is 0.853. The molecule has 0 radical (unpaired) electrons. The Morgan fingerprint density at radius 2 is 2.00 bits per heavy atom. The fraction of sp³-hybridized carbons (Fsp3) is 0.769. The van der Waals surface area contributed by atoms with E-state index in [4.69, 9.17) is 0 Å². The van der Waals surface area contributed by atoms with Crippen LogP contribution in [0.2, 0.25) is 0 Å². The van der Waals surface area contributed by atoms with Gasteiger partial charge in [-0.15, -0.1) is 0 Å². The molecule has 0 aliphatic rings. The van der Waals surface area contributed by atoms with E-state index in [1.165, 1.54) is 0 Å². The molecule has 0 aromatic carbocycles. The Hall–Kier alpha value is -0.830. The number of hydrogen-bond acceptors (Lipinski definition) is 2. The maximum absolute atomic E-state index is 10.1. The van der Waals surface area contributed by atoms with Gasteiger partial charge in [-0.05, 0) is 24.8 Å². The number of hydrogen-bond donors (Lipinski definition) is 1. The Bertz CT molecular complexity index is 336. The normalized spacial score (nSPS) is 14.1. The Morgan fingerprint density at radius 3 is 2.44 bits per heavy atom. The van der Waals surface area contributed by atoms with E-state index in [0.29, 0.717) is 6.42 Å². The van der Waals surface area contributed by atoms with Gasteiger partial charge in [0, 0.05) is 18.7 Å². The average molecular weight is 224 g/mol. The maximum atomic E-state index is 10.1. The fourth-order valence-corrected chi connectivity index (χ4v) is 1.63. The molecule has 0 saturated heterocycles. The van der Waals surface area contributed by atoms with E-state index in [1.807, 2.05) is 4.68 Å². The Kier molecular flexibility index (Phi) is 4.14. The molecule has 0 spiro atoms. The molecule has 3 nitrogen and oxygen atoms in total. The largest absolute Gasteiger partial charge is 0.392 e. The summed E-state index contributed by atoms with van der Waals surface area (Å²) in [7, 11) is 0. The van der Waals surface area contributed by atoms with E-state index in [0.717, 1.165) is 24.4 Å². The molecule has 16 heavy (non-hydrogen) atoms. The number of rotatable bonds is 4. The van der Waals surface area contributed by atoms with Crippen molar-refractivity contribution >= 4 is 0 Å². The van der Waals surface area contributed by atoms with Crippen LogP contribution in [0.4, 0.5) is 0 Å². The molecule has 92 valence electrons. The number of aryl methyl sites for hydroxylation is 2. The lowest BCUT2D eigenvalue weighted by Crippen LogP contribution is -2.29. The van der Waals surface area contributed by atoms with E-state index in [-0.39, 0.29) is 11.5 Å². The molecule has 0 saturated carbocycles. The van der Waals surface area contributed by atoms with Gasteiger partial charge in [0.1, 0.15) is 0 Å². The molecule has 0 bridgehead atoms. The molecule has 1 rings (SSSR count). The van der Waals surface area contributed by atoms with Crippen molar-refractivity contribution in [3.8, 4) is 0 Å². The van der Waals surface area contributed by atoms with Crippen LogP contribution < -0.4 is 0 Å². The first-order valence-electron chi connectivity index (χ1n) is 6.12. The first-order valence-corrected chi connectivity index (χ1v) is 6.12. The van der Waals surface area contributed by atoms with E-state index in [9.17, 15) is 5.11 Å². The molecule has 0 aliphatic carbocycles. The summed E-state index contributed by atoms with van der Waals surface area (Å²) >= 11 is 0. The third kappa shape index (κ3) is 3.08. The topological polar surface area (TPSA) is 38.0 Å². The molecule has 1 N–H and O–H groups in total. The Morgan fingerprint density at radius 1 is 1.38 bits per heavy atom. The predicted molar refractivity (Wildman–Crippen MR) is 66.4 cm³/mol. The highest BCUT2D eigenvalue weighted by molar-refractivity contribution is 5.12. The van der Waals surface area contributed by atoms with E-state index in [1.54, 1.807) is 0 Å². The number of aliphatic hydroxyl groups is 1. The summed E-state index contributed by atoms with van der Waals surface area (Å²) in [6.45, 7) is 11.2. The molecule has 1 unspecified atom stereocenters. The summed E-state index contributed by atoms with van der Waals surface area (Å²) in [5.74, 6) is 0. The minimum absolute atomic E-state index is 0.0742. The summed E-state index contributed by atoms with van der Waals surface area (Å²) in [6.07, 6.45) is 1.31. The minimum Gasteiger partial charge on any atom is -0.392 e. The molecule has 1 atom stereocenters. The van der Waals surface area contributed by atoms with Gasteiger partial charge in [-0.25, -0.2) is 0 Å². The van der Waals surface area contributed by atoms with Gasteiger partial charge in [-0.1, -0.05) is 27.7 Å². The lowest BCUT2D eigenvalue weighted by molar-refractivity contribution is 0.0618. The van der Waals surface area contributed by atoms with Crippen molar-refractivity contribution in [2.75, 3.05) is 0 Å². The van der Waals surface area contributed by atoms with Crippen LogP contribution in [-0.2, 0) is 19.4 Å². The zero-order chi connectivity index (χ0) is 12.3. The van der Waals surface area contributed by atoms with E-state index >= 15 is 0 Å². The summed E-state index contributed by atoms with van der Waals surface area (Å²) in [5.41, 5.74) is 2.18. The van der Waals surface area contributed by atoms with Gasteiger partial charge in [-0.3, -0.25) is 4.68 Å².